The molecular weight excluding hydrogens is 406 g/mol. The van der Waals surface area contributed by atoms with Gasteiger partial charge in [-0.05, 0) is 29.8 Å². The number of hydrogen-bond donors (Lipinski definition) is 3. The van der Waals surface area contributed by atoms with E-state index in [1.54, 1.807) is 0 Å². The second-order valence-corrected chi connectivity index (χ2v) is 9.52. The minimum atomic E-state index is -5.57. The van der Waals surface area contributed by atoms with Crippen molar-refractivity contribution < 1.29 is 43.8 Å². The normalized spacial score (nSPS) is 21.3. The summed E-state index contributed by atoms with van der Waals surface area (Å²) in [6, 6.07) is 1.86. The van der Waals surface area contributed by atoms with Crippen LogP contribution in [0, 0.1) is 10.1 Å². The third kappa shape index (κ3) is 3.16. The number of fused-ring (bicyclic) bond motifs is 1. The molecule has 15 heteroatoms. The molecule has 12 nitrogen and oxygen atoms in total. The van der Waals surface area contributed by atoms with Gasteiger partial charge in [0.05, 0.1) is 26.7 Å². The van der Waals surface area contributed by atoms with Crippen LogP contribution in [0.4, 0.5) is 0 Å². The van der Waals surface area contributed by atoms with Crippen molar-refractivity contribution in [1.82, 2.24) is 0 Å². The Morgan fingerprint density at radius 2 is 1.56 bits per heavy atom. The highest BCUT2D eigenvalue weighted by molar-refractivity contribution is 7.90. The molecule has 0 fully saturated rings. The van der Waals surface area contributed by atoms with Crippen LogP contribution < -0.4 is 0 Å². The van der Waals surface area contributed by atoms with Crippen molar-refractivity contribution in [1.29, 1.82) is 0 Å². The Kier molecular flexibility index (Phi) is 4.31. The monoisotopic (exact) mass is 415 g/mol. The van der Waals surface area contributed by atoms with Crippen LogP contribution in [0.15, 0.2) is 28.0 Å². The number of benzene rings is 1. The summed E-state index contributed by atoms with van der Waals surface area (Å²) in [5.74, 6) is 0. The van der Waals surface area contributed by atoms with Crippen LogP contribution in [-0.2, 0) is 35.2 Å². The lowest BCUT2D eigenvalue weighted by Gasteiger charge is -2.28. The Bertz CT molecular complexity index is 1110. The van der Waals surface area contributed by atoms with E-state index in [1.807, 2.05) is 0 Å². The minimum absolute atomic E-state index is 0.568. The van der Waals surface area contributed by atoms with Gasteiger partial charge in [-0.1, -0.05) is 0 Å². The zero-order chi connectivity index (χ0) is 19.4. The van der Waals surface area contributed by atoms with Crippen LogP contribution in [0.3, 0.4) is 0 Å². The SMILES string of the molecule is O=[N+]([O-])C1(S(=O)(=O)O)CC(S(=O)(=O)O)=Cc2cc(S(=O)(=O)O)ccc21. The van der Waals surface area contributed by atoms with Gasteiger partial charge < -0.3 is 0 Å². The van der Waals surface area contributed by atoms with Crippen molar-refractivity contribution in [2.24, 2.45) is 0 Å². The van der Waals surface area contributed by atoms with Gasteiger partial charge in [0.15, 0.2) is 0 Å². The lowest BCUT2D eigenvalue weighted by atomic mass is 9.92. The maximum Gasteiger partial charge on any atom is 0.373 e. The third-order valence-corrected chi connectivity index (χ3v) is 6.67. The lowest BCUT2D eigenvalue weighted by molar-refractivity contribution is -0.549. The number of rotatable bonds is 4. The molecule has 3 N–H and O–H groups in total. The van der Waals surface area contributed by atoms with Gasteiger partial charge in [0, 0.05) is 0 Å². The smallest absolute Gasteiger partial charge is 0.282 e. The van der Waals surface area contributed by atoms with Gasteiger partial charge in [-0.2, -0.15) is 25.3 Å². The summed E-state index contributed by atoms with van der Waals surface area (Å²) in [5.41, 5.74) is -1.34. The summed E-state index contributed by atoms with van der Waals surface area (Å²) in [4.78, 5) is 4.63. The van der Waals surface area contributed by atoms with Gasteiger partial charge in [0.25, 0.3) is 20.2 Å². The topological polar surface area (TPSA) is 206 Å². The molecule has 0 spiro atoms. The fourth-order valence-corrected chi connectivity index (χ4v) is 4.65. The second-order valence-electron chi connectivity index (χ2n) is 5.00. The van der Waals surface area contributed by atoms with Gasteiger partial charge >= 0.3 is 15.0 Å². The van der Waals surface area contributed by atoms with E-state index >= 15 is 0 Å². The molecule has 0 saturated carbocycles. The van der Waals surface area contributed by atoms with Gasteiger partial charge in [-0.15, -0.1) is 0 Å². The first-order valence-electron chi connectivity index (χ1n) is 6.02. The van der Waals surface area contributed by atoms with Gasteiger partial charge in [-0.3, -0.25) is 23.8 Å². The largest absolute Gasteiger partial charge is 0.373 e. The van der Waals surface area contributed by atoms with E-state index in [0.717, 1.165) is 0 Å². The maximum atomic E-state index is 11.7. The molecule has 0 radical (unpaired) electrons. The zero-order valence-electron chi connectivity index (χ0n) is 11.8. The molecule has 0 saturated heterocycles. The molecule has 0 aromatic heterocycles. The summed E-state index contributed by atoms with van der Waals surface area (Å²) in [6.45, 7) is 0. The number of nitro groups is 1. The van der Waals surface area contributed by atoms with Gasteiger partial charge in [0.2, 0.25) is 0 Å². The summed E-state index contributed by atoms with van der Waals surface area (Å²) in [5, 5.41) is 11.4. The average Bonchev–Trinajstić information content (AvgIpc) is 2.41. The van der Waals surface area contributed by atoms with E-state index in [4.69, 9.17) is 9.11 Å². The zero-order valence-corrected chi connectivity index (χ0v) is 14.2. The van der Waals surface area contributed by atoms with Crippen LogP contribution in [0.1, 0.15) is 17.5 Å². The van der Waals surface area contributed by atoms with E-state index in [2.05, 4.69) is 0 Å². The fourth-order valence-electron chi connectivity index (χ4n) is 2.39. The molecule has 1 aromatic rings. The first kappa shape index (κ1) is 19.4. The summed E-state index contributed by atoms with van der Waals surface area (Å²) < 4.78 is 95.9. The number of hydrogen-bond acceptors (Lipinski definition) is 8. The van der Waals surface area contributed by atoms with Crippen molar-refractivity contribution >= 4 is 36.4 Å². The van der Waals surface area contributed by atoms with Crippen LogP contribution in [0.5, 0.6) is 0 Å². The molecule has 1 aromatic carbocycles. The number of nitrogens with zero attached hydrogens (tertiary/aromatic N) is 1. The lowest BCUT2D eigenvalue weighted by Crippen LogP contribution is -2.46. The molecule has 1 aliphatic rings. The Balaban J connectivity index is 3.01. The highest BCUT2D eigenvalue weighted by atomic mass is 32.2. The molecule has 1 aliphatic carbocycles. The highest BCUT2D eigenvalue weighted by Crippen LogP contribution is 2.44. The minimum Gasteiger partial charge on any atom is -0.282 e. The maximum absolute atomic E-state index is 11.7. The molecule has 25 heavy (non-hydrogen) atoms. The predicted molar refractivity (Wildman–Crippen MR) is 80.6 cm³/mol. The Hall–Kier alpha value is -1.91. The average molecular weight is 415 g/mol. The standard InChI is InChI=1S/C10H9NO11S3/c12-11(13)10(25(20,21)22)5-8(24(17,18)19)4-6-3-7(23(14,15)16)1-2-9(6)10/h1-4H,5H2,(H,14,15,16)(H,17,18,19)(H,20,21,22). The van der Waals surface area contributed by atoms with Crippen molar-refractivity contribution in [3.63, 3.8) is 0 Å². The first-order chi connectivity index (χ1) is 11.1. The van der Waals surface area contributed by atoms with Crippen LogP contribution in [0.2, 0.25) is 0 Å². The summed E-state index contributed by atoms with van der Waals surface area (Å²) >= 11 is 0. The third-order valence-electron chi connectivity index (χ3n) is 3.53. The molecule has 0 heterocycles. The highest BCUT2D eigenvalue weighted by Gasteiger charge is 2.61. The van der Waals surface area contributed by atoms with Crippen LogP contribution in [0.25, 0.3) is 6.08 Å². The fraction of sp³-hybridized carbons (Fsp3) is 0.200. The van der Waals surface area contributed by atoms with E-state index in [0.29, 0.717) is 24.3 Å². The Morgan fingerprint density at radius 3 is 1.96 bits per heavy atom. The predicted octanol–water partition coefficient (Wildman–Crippen LogP) is -0.117. The van der Waals surface area contributed by atoms with Gasteiger partial charge in [-0.25, -0.2) is 0 Å². The Morgan fingerprint density at radius 1 is 1.00 bits per heavy atom. The first-order valence-corrected chi connectivity index (χ1v) is 10.3. The molecule has 2 rings (SSSR count). The van der Waals surface area contributed by atoms with Crippen molar-refractivity contribution in [3.8, 4) is 0 Å². The molecular formula is C10H9NO11S3. The van der Waals surface area contributed by atoms with E-state index < -0.39 is 67.5 Å². The molecule has 138 valence electrons. The van der Waals surface area contributed by atoms with Crippen molar-refractivity contribution in [2.45, 2.75) is 16.2 Å². The van der Waals surface area contributed by atoms with Crippen molar-refractivity contribution in [2.75, 3.05) is 0 Å². The molecule has 0 amide bonds. The van der Waals surface area contributed by atoms with Crippen LogP contribution in [-0.4, -0.2) is 43.8 Å². The summed E-state index contributed by atoms with van der Waals surface area (Å²) in [6.07, 6.45) is -0.817. The molecule has 0 bridgehead atoms. The quantitative estimate of drug-likeness (QED) is 0.335. The Labute approximate surface area is 141 Å². The van der Waals surface area contributed by atoms with Crippen molar-refractivity contribution in [3.05, 3.63) is 44.3 Å². The van der Waals surface area contributed by atoms with E-state index in [1.165, 1.54) is 0 Å². The van der Waals surface area contributed by atoms with E-state index in [-0.39, 0.29) is 0 Å². The molecule has 0 aliphatic heterocycles. The molecule has 1 atom stereocenters. The summed E-state index contributed by atoms with van der Waals surface area (Å²) in [7, 11) is -15.5. The second kappa shape index (κ2) is 5.55. The van der Waals surface area contributed by atoms with Crippen LogP contribution >= 0.6 is 0 Å². The van der Waals surface area contributed by atoms with Gasteiger partial charge in [0.1, 0.15) is 0 Å². The molecule has 1 unspecified atom stereocenters. The van der Waals surface area contributed by atoms with E-state index in [9.17, 15) is 39.9 Å².